The summed E-state index contributed by atoms with van der Waals surface area (Å²) in [6, 6.07) is 7.32. The molecule has 94 valence electrons. The van der Waals surface area contributed by atoms with Crippen molar-refractivity contribution in [3.63, 3.8) is 0 Å². The molecule has 3 nitrogen and oxygen atoms in total. The number of nitrogens with two attached hydrogens (primary N) is 1. The molecule has 1 aliphatic carbocycles. The van der Waals surface area contributed by atoms with Gasteiger partial charge < -0.3 is 11.1 Å². The van der Waals surface area contributed by atoms with Crippen molar-refractivity contribution in [2.24, 2.45) is 11.7 Å². The van der Waals surface area contributed by atoms with Gasteiger partial charge in [-0.3, -0.25) is 4.79 Å². The van der Waals surface area contributed by atoms with Gasteiger partial charge in [0, 0.05) is 22.5 Å². The predicted molar refractivity (Wildman–Crippen MR) is 72.0 cm³/mol. The molecule has 0 radical (unpaired) electrons. The SMILES string of the molecule is NCC1CC(NC(=O)C#Cc2ccc(Cl)cc2)C1. The first-order valence-corrected chi connectivity index (χ1v) is 6.33. The molecule has 1 aliphatic rings. The average Bonchev–Trinajstić information content (AvgIpc) is 2.32. The van der Waals surface area contributed by atoms with E-state index in [0.717, 1.165) is 18.4 Å². The van der Waals surface area contributed by atoms with Crippen LogP contribution in [0.3, 0.4) is 0 Å². The van der Waals surface area contributed by atoms with Gasteiger partial charge in [-0.05, 0) is 49.6 Å². The summed E-state index contributed by atoms with van der Waals surface area (Å²) >= 11 is 5.76. The third-order valence-corrected chi connectivity index (χ3v) is 3.32. The maximum Gasteiger partial charge on any atom is 0.296 e. The molecule has 18 heavy (non-hydrogen) atoms. The van der Waals surface area contributed by atoms with Crippen molar-refractivity contribution in [3.8, 4) is 11.8 Å². The third kappa shape index (κ3) is 3.49. The third-order valence-electron chi connectivity index (χ3n) is 3.07. The van der Waals surface area contributed by atoms with E-state index < -0.39 is 0 Å². The van der Waals surface area contributed by atoms with Crippen molar-refractivity contribution in [2.45, 2.75) is 18.9 Å². The van der Waals surface area contributed by atoms with E-state index in [1.54, 1.807) is 24.3 Å². The van der Waals surface area contributed by atoms with Gasteiger partial charge in [0.1, 0.15) is 0 Å². The molecule has 1 aromatic carbocycles. The number of hydrogen-bond acceptors (Lipinski definition) is 2. The standard InChI is InChI=1S/C14H15ClN2O/c15-12-4-1-10(2-5-12)3-6-14(18)17-13-7-11(8-13)9-16/h1-2,4-5,11,13H,7-9,16H2,(H,17,18). The van der Waals surface area contributed by atoms with E-state index in [9.17, 15) is 4.79 Å². The Labute approximate surface area is 112 Å². The Morgan fingerprint density at radius 3 is 2.67 bits per heavy atom. The molecular formula is C14H15ClN2O. The van der Waals surface area contributed by atoms with Crippen molar-refractivity contribution in [3.05, 3.63) is 34.9 Å². The summed E-state index contributed by atoms with van der Waals surface area (Å²) in [6.07, 6.45) is 1.93. The van der Waals surface area contributed by atoms with Gasteiger partial charge in [-0.1, -0.05) is 17.5 Å². The van der Waals surface area contributed by atoms with Crippen LogP contribution in [-0.4, -0.2) is 18.5 Å². The summed E-state index contributed by atoms with van der Waals surface area (Å²) < 4.78 is 0. The second-order valence-corrected chi connectivity index (χ2v) is 4.94. The lowest BCUT2D eigenvalue weighted by atomic mass is 9.80. The molecule has 2 rings (SSSR count). The van der Waals surface area contributed by atoms with Crippen LogP contribution in [0.25, 0.3) is 0 Å². The maximum absolute atomic E-state index is 11.5. The normalized spacial score (nSPS) is 21.4. The van der Waals surface area contributed by atoms with Crippen LogP contribution >= 0.6 is 11.6 Å². The molecule has 0 aromatic heterocycles. The highest BCUT2D eigenvalue weighted by molar-refractivity contribution is 6.30. The zero-order chi connectivity index (χ0) is 13.0. The van der Waals surface area contributed by atoms with Gasteiger partial charge in [-0.2, -0.15) is 0 Å². The first-order chi connectivity index (χ1) is 8.67. The van der Waals surface area contributed by atoms with Crippen LogP contribution in [-0.2, 0) is 4.79 Å². The van der Waals surface area contributed by atoms with Crippen molar-refractivity contribution in [1.82, 2.24) is 5.32 Å². The minimum Gasteiger partial charge on any atom is -0.343 e. The van der Waals surface area contributed by atoms with Gasteiger partial charge in [0.05, 0.1) is 0 Å². The fourth-order valence-electron chi connectivity index (χ4n) is 1.93. The summed E-state index contributed by atoms with van der Waals surface area (Å²) in [4.78, 5) is 11.5. The fraction of sp³-hybridized carbons (Fsp3) is 0.357. The molecule has 0 aliphatic heterocycles. The molecule has 4 heteroatoms. The van der Waals surface area contributed by atoms with E-state index in [0.29, 0.717) is 17.5 Å². The topological polar surface area (TPSA) is 55.1 Å². The van der Waals surface area contributed by atoms with Crippen molar-refractivity contribution < 1.29 is 4.79 Å². The van der Waals surface area contributed by atoms with Crippen LogP contribution in [0.15, 0.2) is 24.3 Å². The Balaban J connectivity index is 1.83. The Kier molecular flexibility index (Phi) is 4.24. The van der Waals surface area contributed by atoms with E-state index in [1.807, 2.05) is 0 Å². The Morgan fingerprint density at radius 1 is 1.39 bits per heavy atom. The quantitative estimate of drug-likeness (QED) is 0.795. The molecule has 1 aromatic rings. The van der Waals surface area contributed by atoms with Crippen LogP contribution in [0, 0.1) is 17.8 Å². The first-order valence-electron chi connectivity index (χ1n) is 5.95. The molecule has 0 bridgehead atoms. The van der Waals surface area contributed by atoms with Crippen LogP contribution in [0.5, 0.6) is 0 Å². The highest BCUT2D eigenvalue weighted by atomic mass is 35.5. The summed E-state index contributed by atoms with van der Waals surface area (Å²) in [5, 5.41) is 3.53. The largest absolute Gasteiger partial charge is 0.343 e. The van der Waals surface area contributed by atoms with E-state index in [2.05, 4.69) is 17.2 Å². The van der Waals surface area contributed by atoms with Crippen molar-refractivity contribution in [1.29, 1.82) is 0 Å². The minimum atomic E-state index is -0.231. The lowest BCUT2D eigenvalue weighted by Crippen LogP contribution is -2.46. The van der Waals surface area contributed by atoms with Gasteiger partial charge >= 0.3 is 0 Å². The molecule has 0 heterocycles. The highest BCUT2D eigenvalue weighted by Crippen LogP contribution is 2.25. The molecule has 1 amide bonds. The summed E-state index contributed by atoms with van der Waals surface area (Å²) in [6.45, 7) is 0.697. The molecule has 3 N–H and O–H groups in total. The number of amides is 1. The molecule has 0 atom stereocenters. The molecule has 1 fully saturated rings. The van der Waals surface area contributed by atoms with Crippen LogP contribution in [0.1, 0.15) is 18.4 Å². The second-order valence-electron chi connectivity index (χ2n) is 4.50. The van der Waals surface area contributed by atoms with E-state index in [-0.39, 0.29) is 11.9 Å². The number of rotatable bonds is 2. The molecule has 1 saturated carbocycles. The van der Waals surface area contributed by atoms with Crippen LogP contribution in [0.2, 0.25) is 5.02 Å². The van der Waals surface area contributed by atoms with E-state index in [4.69, 9.17) is 17.3 Å². The Hall–Kier alpha value is -1.50. The van der Waals surface area contributed by atoms with Crippen molar-refractivity contribution >= 4 is 17.5 Å². The Bertz CT molecular complexity index is 481. The van der Waals surface area contributed by atoms with Gasteiger partial charge in [-0.15, -0.1) is 0 Å². The van der Waals surface area contributed by atoms with E-state index in [1.165, 1.54) is 0 Å². The maximum atomic E-state index is 11.5. The van der Waals surface area contributed by atoms with Crippen molar-refractivity contribution in [2.75, 3.05) is 6.54 Å². The average molecular weight is 263 g/mol. The van der Waals surface area contributed by atoms with Gasteiger partial charge in [0.15, 0.2) is 0 Å². The second kappa shape index (κ2) is 5.90. The number of halogens is 1. The fourth-order valence-corrected chi connectivity index (χ4v) is 2.06. The van der Waals surface area contributed by atoms with Gasteiger partial charge in [0.25, 0.3) is 5.91 Å². The summed E-state index contributed by atoms with van der Waals surface area (Å²) in [5.41, 5.74) is 6.30. The zero-order valence-corrected chi connectivity index (χ0v) is 10.7. The minimum absolute atomic E-state index is 0.231. The zero-order valence-electron chi connectivity index (χ0n) is 9.95. The number of benzene rings is 1. The number of carbonyl (C=O) groups is 1. The molecule has 0 spiro atoms. The van der Waals surface area contributed by atoms with Crippen LogP contribution in [0.4, 0.5) is 0 Å². The lowest BCUT2D eigenvalue weighted by molar-refractivity contribution is -0.117. The smallest absolute Gasteiger partial charge is 0.296 e. The number of carbonyl (C=O) groups excluding carboxylic acids is 1. The van der Waals surface area contributed by atoms with Gasteiger partial charge in [0.2, 0.25) is 0 Å². The van der Waals surface area contributed by atoms with Crippen LogP contribution < -0.4 is 11.1 Å². The summed E-state index contributed by atoms with van der Waals surface area (Å²) in [7, 11) is 0. The predicted octanol–water partition coefficient (Wildman–Crippen LogP) is 1.55. The monoisotopic (exact) mass is 262 g/mol. The van der Waals surface area contributed by atoms with Gasteiger partial charge in [-0.25, -0.2) is 0 Å². The number of nitrogens with one attached hydrogen (secondary N) is 1. The van der Waals surface area contributed by atoms with E-state index >= 15 is 0 Å². The number of hydrogen-bond donors (Lipinski definition) is 2. The molecular weight excluding hydrogens is 248 g/mol. The molecule has 0 unspecified atom stereocenters. The lowest BCUT2D eigenvalue weighted by Gasteiger charge is -2.34. The molecule has 0 saturated heterocycles. The Morgan fingerprint density at radius 2 is 2.06 bits per heavy atom. The first kappa shape index (κ1) is 12.9. The highest BCUT2D eigenvalue weighted by Gasteiger charge is 2.28. The summed E-state index contributed by atoms with van der Waals surface area (Å²) in [5.74, 6) is 5.71.